The number of hydrogen-bond acceptors (Lipinski definition) is 5. The lowest BCUT2D eigenvalue weighted by molar-refractivity contribution is 0.663. The molecule has 0 aliphatic carbocycles. The first-order valence-corrected chi connectivity index (χ1v) is 5.68. The summed E-state index contributed by atoms with van der Waals surface area (Å²) in [6.07, 6.45) is 2.28. The number of nitrogen functional groups attached to an aromatic ring is 1. The van der Waals surface area contributed by atoms with Gasteiger partial charge in [-0.1, -0.05) is 6.92 Å². The average molecular weight is 232 g/mol. The van der Waals surface area contributed by atoms with Crippen molar-refractivity contribution in [2.24, 2.45) is 0 Å². The number of anilines is 1. The van der Waals surface area contributed by atoms with Crippen molar-refractivity contribution in [3.8, 4) is 11.5 Å². The Balaban J connectivity index is 2.62. The van der Waals surface area contributed by atoms with Crippen LogP contribution in [0, 0.1) is 6.92 Å². The molecular weight excluding hydrogens is 216 g/mol. The highest BCUT2D eigenvalue weighted by atomic mass is 15.3. The monoisotopic (exact) mass is 232 g/mol. The van der Waals surface area contributed by atoms with Crippen LogP contribution in [-0.2, 0) is 13.0 Å². The van der Waals surface area contributed by atoms with Gasteiger partial charge in [-0.15, -0.1) is 0 Å². The van der Waals surface area contributed by atoms with Gasteiger partial charge in [0.15, 0.2) is 5.82 Å². The molecule has 0 aliphatic heterocycles. The van der Waals surface area contributed by atoms with E-state index < -0.39 is 0 Å². The zero-order valence-corrected chi connectivity index (χ0v) is 10.3. The molecule has 0 bridgehead atoms. The van der Waals surface area contributed by atoms with Crippen LogP contribution in [0.3, 0.4) is 0 Å². The third kappa shape index (κ3) is 1.98. The van der Waals surface area contributed by atoms with Crippen molar-refractivity contribution < 1.29 is 0 Å². The molecule has 0 saturated carbocycles. The van der Waals surface area contributed by atoms with Crippen LogP contribution < -0.4 is 5.73 Å². The molecule has 2 aromatic heterocycles. The van der Waals surface area contributed by atoms with E-state index in [4.69, 9.17) is 5.73 Å². The topological polar surface area (TPSA) is 82.5 Å². The Hall–Kier alpha value is -1.98. The van der Waals surface area contributed by atoms with Gasteiger partial charge >= 0.3 is 0 Å². The number of aryl methyl sites for hydroxylation is 2. The zero-order chi connectivity index (χ0) is 12.4. The predicted molar refractivity (Wildman–Crippen MR) is 65.2 cm³/mol. The number of nitrogens with two attached hydrogens (primary N) is 1. The van der Waals surface area contributed by atoms with Crippen molar-refractivity contribution in [1.29, 1.82) is 0 Å². The van der Waals surface area contributed by atoms with E-state index in [1.54, 1.807) is 4.68 Å². The molecule has 0 saturated heterocycles. The molecule has 2 heterocycles. The van der Waals surface area contributed by atoms with Gasteiger partial charge in [-0.2, -0.15) is 5.10 Å². The molecule has 2 N–H and O–H groups in total. The zero-order valence-electron chi connectivity index (χ0n) is 10.3. The maximum atomic E-state index is 5.89. The summed E-state index contributed by atoms with van der Waals surface area (Å²) in [5.41, 5.74) is 7.51. The number of hydrogen-bond donors (Lipinski definition) is 1. The maximum Gasteiger partial charge on any atom is 0.177 e. The van der Waals surface area contributed by atoms with Gasteiger partial charge in [0, 0.05) is 18.5 Å². The van der Waals surface area contributed by atoms with Crippen molar-refractivity contribution in [2.45, 2.75) is 33.7 Å². The van der Waals surface area contributed by atoms with Crippen molar-refractivity contribution in [2.75, 3.05) is 5.73 Å². The largest absolute Gasteiger partial charge is 0.383 e. The second-order valence-corrected chi connectivity index (χ2v) is 3.75. The molecule has 2 aromatic rings. The predicted octanol–water partition coefficient (Wildman–Crippen LogP) is 1.21. The van der Waals surface area contributed by atoms with Crippen LogP contribution in [0.1, 0.15) is 25.2 Å². The van der Waals surface area contributed by atoms with Gasteiger partial charge in [-0.05, 0) is 13.8 Å². The van der Waals surface area contributed by atoms with Crippen molar-refractivity contribution in [3.63, 3.8) is 0 Å². The molecule has 0 amide bonds. The van der Waals surface area contributed by atoms with Gasteiger partial charge < -0.3 is 5.73 Å². The normalized spacial score (nSPS) is 10.8. The molecule has 17 heavy (non-hydrogen) atoms. The summed E-state index contributed by atoms with van der Waals surface area (Å²) in [7, 11) is 0. The fraction of sp³-hybridized carbons (Fsp3) is 0.455. The minimum Gasteiger partial charge on any atom is -0.383 e. The smallest absolute Gasteiger partial charge is 0.177 e. The molecule has 0 spiro atoms. The van der Waals surface area contributed by atoms with Gasteiger partial charge in [0.1, 0.15) is 23.7 Å². The summed E-state index contributed by atoms with van der Waals surface area (Å²) in [5, 5.41) is 4.14. The number of rotatable bonds is 3. The van der Waals surface area contributed by atoms with E-state index in [-0.39, 0.29) is 0 Å². The Morgan fingerprint density at radius 1 is 1.29 bits per heavy atom. The number of nitrogens with zero attached hydrogens (tertiary/aromatic N) is 5. The molecule has 0 aliphatic rings. The van der Waals surface area contributed by atoms with Gasteiger partial charge in [0.05, 0.1) is 0 Å². The van der Waals surface area contributed by atoms with Crippen molar-refractivity contribution in [3.05, 3.63) is 17.7 Å². The van der Waals surface area contributed by atoms with Crippen LogP contribution in [0.5, 0.6) is 0 Å². The first-order valence-electron chi connectivity index (χ1n) is 5.68. The Kier molecular flexibility index (Phi) is 3.03. The van der Waals surface area contributed by atoms with E-state index in [1.165, 1.54) is 6.33 Å². The third-order valence-corrected chi connectivity index (χ3v) is 2.67. The maximum absolute atomic E-state index is 5.89. The molecule has 0 atom stereocenters. The standard InChI is InChI=1S/C11H16N6/c1-4-8-15-9(7(3)10(12)16-8)11-13-6-14-17(11)5-2/h6H,4-5H2,1-3H3,(H2,12,15,16). The van der Waals surface area contributed by atoms with Crippen LogP contribution in [-0.4, -0.2) is 24.7 Å². The van der Waals surface area contributed by atoms with E-state index in [2.05, 4.69) is 20.1 Å². The molecule has 0 radical (unpaired) electrons. The van der Waals surface area contributed by atoms with Crippen molar-refractivity contribution >= 4 is 5.82 Å². The second-order valence-electron chi connectivity index (χ2n) is 3.75. The van der Waals surface area contributed by atoms with Gasteiger partial charge in [0.25, 0.3) is 0 Å². The average Bonchev–Trinajstić information content (AvgIpc) is 2.80. The Morgan fingerprint density at radius 3 is 2.71 bits per heavy atom. The van der Waals surface area contributed by atoms with Gasteiger partial charge in [0.2, 0.25) is 0 Å². The summed E-state index contributed by atoms with van der Waals surface area (Å²) < 4.78 is 1.80. The van der Waals surface area contributed by atoms with Gasteiger partial charge in [-0.3, -0.25) is 0 Å². The Labute approximate surface area is 99.9 Å². The summed E-state index contributed by atoms with van der Waals surface area (Å²) in [4.78, 5) is 13.0. The van der Waals surface area contributed by atoms with Crippen molar-refractivity contribution in [1.82, 2.24) is 24.7 Å². The van der Waals surface area contributed by atoms with E-state index >= 15 is 0 Å². The fourth-order valence-electron chi connectivity index (χ4n) is 1.64. The lowest BCUT2D eigenvalue weighted by Gasteiger charge is -2.09. The minimum atomic E-state index is 0.512. The van der Waals surface area contributed by atoms with Gasteiger partial charge in [-0.25, -0.2) is 19.6 Å². The highest BCUT2D eigenvalue weighted by Gasteiger charge is 2.14. The van der Waals surface area contributed by atoms with Crippen LogP contribution in [0.15, 0.2) is 6.33 Å². The highest BCUT2D eigenvalue weighted by Crippen LogP contribution is 2.22. The van der Waals surface area contributed by atoms with Crippen LogP contribution in [0.2, 0.25) is 0 Å². The quantitative estimate of drug-likeness (QED) is 0.860. The summed E-state index contributed by atoms with van der Waals surface area (Å²) in [6, 6.07) is 0. The molecule has 6 heteroatoms. The fourth-order valence-corrected chi connectivity index (χ4v) is 1.64. The molecular formula is C11H16N6. The SMILES string of the molecule is CCc1nc(N)c(C)c(-c2ncnn2CC)n1. The summed E-state index contributed by atoms with van der Waals surface area (Å²) in [5.74, 6) is 1.99. The highest BCUT2D eigenvalue weighted by molar-refractivity contribution is 5.61. The van der Waals surface area contributed by atoms with Crippen LogP contribution >= 0.6 is 0 Å². The van der Waals surface area contributed by atoms with Crippen LogP contribution in [0.4, 0.5) is 5.82 Å². The first kappa shape index (κ1) is 11.5. The molecule has 6 nitrogen and oxygen atoms in total. The van der Waals surface area contributed by atoms with E-state index in [9.17, 15) is 0 Å². The van der Waals surface area contributed by atoms with E-state index in [1.807, 2.05) is 20.8 Å². The Morgan fingerprint density at radius 2 is 2.06 bits per heavy atom. The molecule has 0 fully saturated rings. The Bertz CT molecular complexity index is 531. The molecule has 0 aromatic carbocycles. The molecule has 0 unspecified atom stereocenters. The lowest BCUT2D eigenvalue weighted by atomic mass is 10.2. The summed E-state index contributed by atoms with van der Waals surface area (Å²) >= 11 is 0. The van der Waals surface area contributed by atoms with Crippen LogP contribution in [0.25, 0.3) is 11.5 Å². The molecule has 90 valence electrons. The minimum absolute atomic E-state index is 0.512. The van der Waals surface area contributed by atoms with E-state index in [0.717, 1.165) is 35.9 Å². The third-order valence-electron chi connectivity index (χ3n) is 2.67. The number of aromatic nitrogens is 5. The second kappa shape index (κ2) is 4.48. The summed E-state index contributed by atoms with van der Waals surface area (Å²) in [6.45, 7) is 6.66. The molecule has 2 rings (SSSR count). The van der Waals surface area contributed by atoms with E-state index in [0.29, 0.717) is 5.82 Å². The lowest BCUT2D eigenvalue weighted by Crippen LogP contribution is -2.08. The first-order chi connectivity index (χ1) is 8.17.